The van der Waals surface area contributed by atoms with Crippen molar-refractivity contribution in [3.05, 3.63) is 64.5 Å². The summed E-state index contributed by atoms with van der Waals surface area (Å²) in [5.74, 6) is -1.97. The molecule has 0 saturated carbocycles. The molecule has 0 spiro atoms. The molecule has 2 rings (SSSR count). The molecule has 0 atom stereocenters. The summed E-state index contributed by atoms with van der Waals surface area (Å²) in [5, 5.41) is 25.4. The predicted molar refractivity (Wildman–Crippen MR) is 102 cm³/mol. The van der Waals surface area contributed by atoms with Crippen molar-refractivity contribution in [2.45, 2.75) is 30.9 Å². The van der Waals surface area contributed by atoms with E-state index in [1.807, 2.05) is 0 Å². The molecule has 0 fully saturated rings. The van der Waals surface area contributed by atoms with E-state index >= 15 is 0 Å². The fourth-order valence-electron chi connectivity index (χ4n) is 2.08. The first kappa shape index (κ1) is 23.5. The normalized spacial score (nSPS) is 10.3. The molecule has 2 aromatic carbocycles. The van der Waals surface area contributed by atoms with Gasteiger partial charge in [-0.1, -0.05) is 0 Å². The second-order valence-corrected chi connectivity index (χ2v) is 8.56. The number of benzene rings is 2. The molecule has 0 bridgehead atoms. The van der Waals surface area contributed by atoms with Crippen LogP contribution in [-0.2, 0) is 9.84 Å². The summed E-state index contributed by atoms with van der Waals surface area (Å²) >= 11 is 0. The van der Waals surface area contributed by atoms with Gasteiger partial charge in [-0.2, -0.15) is 10.5 Å². The Labute approximate surface area is 167 Å². The number of halogens is 1. The Morgan fingerprint density at radius 2 is 1.52 bits per heavy atom. The van der Waals surface area contributed by atoms with Crippen LogP contribution in [0.15, 0.2) is 41.3 Å². The molecule has 150 valence electrons. The highest BCUT2D eigenvalue weighted by Gasteiger charge is 2.23. The van der Waals surface area contributed by atoms with Crippen LogP contribution in [0.4, 0.5) is 4.39 Å². The van der Waals surface area contributed by atoms with Gasteiger partial charge in [0.1, 0.15) is 18.0 Å². The maximum atomic E-state index is 12.7. The summed E-state index contributed by atoms with van der Waals surface area (Å²) in [6, 6.07) is 10.5. The molecule has 0 unspecified atom stereocenters. The van der Waals surface area contributed by atoms with Crippen LogP contribution in [0, 0.1) is 28.5 Å². The van der Waals surface area contributed by atoms with E-state index in [4.69, 9.17) is 15.6 Å². The SMILES string of the molecule is CC(=O)c1ccc(F)c(C#N)c1.CC(C)S(=O)(=O)c1ccc(C(=O)O)cc1C#N. The lowest BCUT2D eigenvalue weighted by Crippen LogP contribution is -2.15. The van der Waals surface area contributed by atoms with Crippen molar-refractivity contribution in [3.8, 4) is 12.1 Å². The summed E-state index contributed by atoms with van der Waals surface area (Å²) in [7, 11) is -3.58. The molecule has 0 radical (unpaired) electrons. The van der Waals surface area contributed by atoms with Crippen molar-refractivity contribution in [2.75, 3.05) is 0 Å². The molecule has 2 aromatic rings. The maximum Gasteiger partial charge on any atom is 0.335 e. The van der Waals surface area contributed by atoms with Crippen LogP contribution in [0.1, 0.15) is 52.6 Å². The number of carboxylic acids is 1. The third kappa shape index (κ3) is 5.71. The van der Waals surface area contributed by atoms with E-state index < -0.39 is 26.9 Å². The zero-order valence-electron chi connectivity index (χ0n) is 15.8. The summed E-state index contributed by atoms with van der Waals surface area (Å²) in [4.78, 5) is 21.4. The van der Waals surface area contributed by atoms with Gasteiger partial charge in [-0.25, -0.2) is 17.6 Å². The van der Waals surface area contributed by atoms with Crippen molar-refractivity contribution >= 4 is 21.6 Å². The third-order valence-electron chi connectivity index (χ3n) is 3.77. The third-order valence-corrected chi connectivity index (χ3v) is 5.98. The highest BCUT2D eigenvalue weighted by molar-refractivity contribution is 7.92. The van der Waals surface area contributed by atoms with Crippen LogP contribution in [0.2, 0.25) is 0 Å². The number of carbonyl (C=O) groups excluding carboxylic acids is 1. The zero-order chi connectivity index (χ0) is 22.4. The number of nitriles is 2. The molecule has 29 heavy (non-hydrogen) atoms. The van der Waals surface area contributed by atoms with Gasteiger partial charge in [0.25, 0.3) is 0 Å². The minimum absolute atomic E-state index is 0.0947. The molecule has 1 N–H and O–H groups in total. The number of hydrogen-bond donors (Lipinski definition) is 1. The lowest BCUT2D eigenvalue weighted by atomic mass is 10.1. The van der Waals surface area contributed by atoms with Gasteiger partial charge in [0.05, 0.1) is 26.8 Å². The van der Waals surface area contributed by atoms with Crippen molar-refractivity contribution in [3.63, 3.8) is 0 Å². The standard InChI is InChI=1S/C11H11NO4S.C9H6FNO/c1-7(2)17(15,16)10-4-3-8(11(13)14)5-9(10)6-12;1-6(12)7-2-3-9(10)8(4-7)5-11/h3-5,7H,1-2H3,(H,13,14);2-4H,1H3. The number of hydrogen-bond acceptors (Lipinski definition) is 6. The number of sulfone groups is 1. The Morgan fingerprint density at radius 3 is 1.97 bits per heavy atom. The number of Topliss-reactive ketones (excluding diaryl/α,β-unsaturated/α-hetero) is 1. The Kier molecular flexibility index (Phi) is 7.76. The highest BCUT2D eigenvalue weighted by Crippen LogP contribution is 2.21. The first-order valence-electron chi connectivity index (χ1n) is 8.17. The van der Waals surface area contributed by atoms with Crippen molar-refractivity contribution in [1.82, 2.24) is 0 Å². The predicted octanol–water partition coefficient (Wildman–Crippen LogP) is 3.34. The molecule has 0 amide bonds. The first-order valence-corrected chi connectivity index (χ1v) is 9.72. The van der Waals surface area contributed by atoms with E-state index in [9.17, 15) is 22.4 Å². The summed E-state index contributed by atoms with van der Waals surface area (Å²) in [6.07, 6.45) is 0. The number of carbonyl (C=O) groups is 2. The largest absolute Gasteiger partial charge is 0.478 e. The minimum Gasteiger partial charge on any atom is -0.478 e. The van der Waals surface area contributed by atoms with Crippen LogP contribution in [-0.4, -0.2) is 30.5 Å². The average Bonchev–Trinajstić information content (AvgIpc) is 2.67. The number of ketones is 1. The quantitative estimate of drug-likeness (QED) is 0.755. The van der Waals surface area contributed by atoms with E-state index in [0.29, 0.717) is 5.56 Å². The molecule has 0 aliphatic heterocycles. The Bertz CT molecular complexity index is 1140. The lowest BCUT2D eigenvalue weighted by Gasteiger charge is -2.09. The van der Waals surface area contributed by atoms with E-state index in [-0.39, 0.29) is 27.4 Å². The van der Waals surface area contributed by atoms with Crippen molar-refractivity contribution in [2.24, 2.45) is 0 Å². The number of carboxylic acid groups (broad SMARTS) is 1. The summed E-state index contributed by atoms with van der Waals surface area (Å²) in [6.45, 7) is 4.37. The fraction of sp³-hybridized carbons (Fsp3) is 0.200. The number of nitrogens with zero attached hydrogens (tertiary/aromatic N) is 2. The summed E-state index contributed by atoms with van der Waals surface area (Å²) < 4.78 is 36.5. The number of rotatable bonds is 4. The molecular weight excluding hydrogens is 399 g/mol. The molecule has 0 aliphatic rings. The van der Waals surface area contributed by atoms with E-state index in [2.05, 4.69) is 0 Å². The second kappa shape index (κ2) is 9.58. The van der Waals surface area contributed by atoms with Gasteiger partial charge in [0.15, 0.2) is 15.6 Å². The minimum atomic E-state index is -3.58. The Morgan fingerprint density at radius 1 is 1.00 bits per heavy atom. The number of aromatic carboxylic acids is 1. The average molecular weight is 416 g/mol. The van der Waals surface area contributed by atoms with Gasteiger partial charge < -0.3 is 5.11 Å². The van der Waals surface area contributed by atoms with Gasteiger partial charge >= 0.3 is 5.97 Å². The van der Waals surface area contributed by atoms with E-state index in [1.54, 1.807) is 12.1 Å². The molecule has 0 aliphatic carbocycles. The molecule has 0 aromatic heterocycles. The Hall–Kier alpha value is -3.56. The van der Waals surface area contributed by atoms with Gasteiger partial charge in [-0.05, 0) is 57.2 Å². The van der Waals surface area contributed by atoms with Crippen molar-refractivity contribution in [1.29, 1.82) is 10.5 Å². The molecular formula is C20H17FN2O5S. The highest BCUT2D eigenvalue weighted by atomic mass is 32.2. The lowest BCUT2D eigenvalue weighted by molar-refractivity contribution is 0.0696. The monoisotopic (exact) mass is 416 g/mol. The zero-order valence-corrected chi connectivity index (χ0v) is 16.6. The van der Waals surface area contributed by atoms with Crippen LogP contribution in [0.5, 0.6) is 0 Å². The maximum absolute atomic E-state index is 12.7. The fourth-order valence-corrected chi connectivity index (χ4v) is 3.26. The molecule has 9 heteroatoms. The Balaban J connectivity index is 0.000000308. The summed E-state index contributed by atoms with van der Waals surface area (Å²) in [5.41, 5.74) is 0.0125. The molecule has 0 heterocycles. The van der Waals surface area contributed by atoms with E-state index in [1.165, 1.54) is 39.0 Å². The second-order valence-electron chi connectivity index (χ2n) is 6.08. The van der Waals surface area contributed by atoms with E-state index in [0.717, 1.165) is 18.2 Å². The van der Waals surface area contributed by atoms with Crippen molar-refractivity contribution < 1.29 is 27.5 Å². The smallest absolute Gasteiger partial charge is 0.335 e. The van der Waals surface area contributed by atoms with Crippen LogP contribution < -0.4 is 0 Å². The van der Waals surface area contributed by atoms with Gasteiger partial charge in [-0.3, -0.25) is 4.79 Å². The van der Waals surface area contributed by atoms with Crippen LogP contribution in [0.3, 0.4) is 0 Å². The van der Waals surface area contributed by atoms with Gasteiger partial charge in [0, 0.05) is 5.56 Å². The van der Waals surface area contributed by atoms with Gasteiger partial charge in [0.2, 0.25) is 0 Å². The van der Waals surface area contributed by atoms with Gasteiger partial charge in [-0.15, -0.1) is 0 Å². The first-order chi connectivity index (χ1) is 13.4. The van der Waals surface area contributed by atoms with Crippen LogP contribution in [0.25, 0.3) is 0 Å². The van der Waals surface area contributed by atoms with Crippen LogP contribution >= 0.6 is 0 Å². The molecule has 0 saturated heterocycles. The molecule has 7 nitrogen and oxygen atoms in total. The topological polar surface area (TPSA) is 136 Å².